The predicted molar refractivity (Wildman–Crippen MR) is 217 cm³/mol. The van der Waals surface area contributed by atoms with E-state index in [1.807, 2.05) is 42.5 Å². The van der Waals surface area contributed by atoms with Gasteiger partial charge in [0.25, 0.3) is 0 Å². The van der Waals surface area contributed by atoms with Crippen LogP contribution in [-0.4, -0.2) is 15.0 Å². The summed E-state index contributed by atoms with van der Waals surface area (Å²) in [5, 5.41) is 4.44. The van der Waals surface area contributed by atoms with Crippen LogP contribution >= 0.6 is 0 Å². The van der Waals surface area contributed by atoms with Crippen molar-refractivity contribution in [2.24, 2.45) is 0 Å². The number of aromatic nitrogens is 3. The molecule has 10 rings (SSSR count). The van der Waals surface area contributed by atoms with Gasteiger partial charge in [-0.15, -0.1) is 0 Å². The normalized spacial score (nSPS) is 11.4. The van der Waals surface area contributed by atoms with Crippen molar-refractivity contribution in [2.45, 2.75) is 0 Å². The molecule has 4 nitrogen and oxygen atoms in total. The predicted octanol–water partition coefficient (Wildman–Crippen LogP) is 12.9. The van der Waals surface area contributed by atoms with Crippen LogP contribution in [0.25, 0.3) is 100 Å². The number of fused-ring (bicyclic) bond motifs is 5. The van der Waals surface area contributed by atoms with E-state index in [2.05, 4.69) is 146 Å². The summed E-state index contributed by atoms with van der Waals surface area (Å²) in [6.07, 6.45) is 0. The highest BCUT2D eigenvalue weighted by Crippen LogP contribution is 2.41. The van der Waals surface area contributed by atoms with Gasteiger partial charge >= 0.3 is 0 Å². The molecule has 0 fully saturated rings. The summed E-state index contributed by atoms with van der Waals surface area (Å²) in [4.78, 5) is 15.0. The van der Waals surface area contributed by atoms with Crippen molar-refractivity contribution in [2.75, 3.05) is 0 Å². The summed E-state index contributed by atoms with van der Waals surface area (Å²) >= 11 is 0. The van der Waals surface area contributed by atoms with E-state index in [-0.39, 0.29) is 0 Å². The third-order valence-electron chi connectivity index (χ3n) is 9.93. The van der Waals surface area contributed by atoms with Gasteiger partial charge in [-0.3, -0.25) is 0 Å². The van der Waals surface area contributed by atoms with Gasteiger partial charge in [-0.1, -0.05) is 164 Å². The van der Waals surface area contributed by atoms with E-state index < -0.39 is 0 Å². The molecule has 0 amide bonds. The molecule has 8 aromatic carbocycles. The number of rotatable bonds is 6. The van der Waals surface area contributed by atoms with Gasteiger partial charge in [0.2, 0.25) is 0 Å². The number of nitrogens with zero attached hydrogens (tertiary/aromatic N) is 3. The molecule has 53 heavy (non-hydrogen) atoms. The first-order valence-electron chi connectivity index (χ1n) is 17.8. The van der Waals surface area contributed by atoms with Gasteiger partial charge in [-0.2, -0.15) is 0 Å². The van der Waals surface area contributed by atoms with Gasteiger partial charge < -0.3 is 4.42 Å². The molecule has 0 bridgehead atoms. The van der Waals surface area contributed by atoms with Crippen molar-refractivity contribution in [1.82, 2.24) is 15.0 Å². The Bertz CT molecular complexity index is 2920. The third kappa shape index (κ3) is 5.63. The van der Waals surface area contributed by atoms with Gasteiger partial charge in [0, 0.05) is 32.8 Å². The van der Waals surface area contributed by atoms with Crippen LogP contribution in [-0.2, 0) is 0 Å². The average molecular weight is 678 g/mol. The zero-order valence-electron chi connectivity index (χ0n) is 28.6. The summed E-state index contributed by atoms with van der Waals surface area (Å²) in [6, 6.07) is 65.2. The van der Waals surface area contributed by atoms with Crippen molar-refractivity contribution in [3.63, 3.8) is 0 Å². The quantitative estimate of drug-likeness (QED) is 0.176. The molecule has 0 aliphatic rings. The van der Waals surface area contributed by atoms with Gasteiger partial charge in [-0.25, -0.2) is 15.0 Å². The highest BCUT2D eigenvalue weighted by atomic mass is 16.3. The Morgan fingerprint density at radius 3 is 1.42 bits per heavy atom. The Balaban J connectivity index is 1.09. The lowest BCUT2D eigenvalue weighted by atomic mass is 9.94. The minimum atomic E-state index is 0.625. The second kappa shape index (κ2) is 12.9. The fourth-order valence-corrected chi connectivity index (χ4v) is 7.26. The van der Waals surface area contributed by atoms with Crippen molar-refractivity contribution in [3.05, 3.63) is 188 Å². The summed E-state index contributed by atoms with van der Waals surface area (Å²) in [5.41, 5.74) is 11.4. The molecule has 248 valence electrons. The van der Waals surface area contributed by atoms with Crippen LogP contribution in [0.1, 0.15) is 0 Å². The van der Waals surface area contributed by atoms with Crippen LogP contribution < -0.4 is 0 Å². The first-order valence-corrected chi connectivity index (χ1v) is 17.8. The fourth-order valence-electron chi connectivity index (χ4n) is 7.26. The molecule has 2 aromatic heterocycles. The molecule has 0 spiro atoms. The van der Waals surface area contributed by atoms with Gasteiger partial charge in [0.1, 0.15) is 11.2 Å². The molecule has 4 heteroatoms. The molecule has 0 aliphatic heterocycles. The Morgan fingerprint density at radius 1 is 0.283 bits per heavy atom. The highest BCUT2D eigenvalue weighted by Gasteiger charge is 2.17. The summed E-state index contributed by atoms with van der Waals surface area (Å²) in [6.45, 7) is 0. The minimum absolute atomic E-state index is 0.625. The van der Waals surface area contributed by atoms with E-state index in [4.69, 9.17) is 19.4 Å². The van der Waals surface area contributed by atoms with Crippen LogP contribution in [0.5, 0.6) is 0 Å². The fraction of sp³-hybridized carbons (Fsp3) is 0. The molecule has 0 aliphatic carbocycles. The number of hydrogen-bond acceptors (Lipinski definition) is 4. The largest absolute Gasteiger partial charge is 0.455 e. The summed E-state index contributed by atoms with van der Waals surface area (Å²) < 4.78 is 6.53. The van der Waals surface area contributed by atoms with Crippen molar-refractivity contribution >= 4 is 32.7 Å². The lowest BCUT2D eigenvalue weighted by Gasteiger charge is -2.11. The average Bonchev–Trinajstić information content (AvgIpc) is 3.62. The van der Waals surface area contributed by atoms with Crippen LogP contribution in [0.15, 0.2) is 192 Å². The molecule has 10 aromatic rings. The number of hydrogen-bond donors (Lipinski definition) is 0. The smallest absolute Gasteiger partial charge is 0.164 e. The molecule has 0 saturated carbocycles. The summed E-state index contributed by atoms with van der Waals surface area (Å²) in [5.74, 6) is 1.90. The Labute approximate surface area is 306 Å². The van der Waals surface area contributed by atoms with E-state index in [0.717, 1.165) is 71.7 Å². The molecule has 0 unspecified atom stereocenters. The molecule has 0 radical (unpaired) electrons. The lowest BCUT2D eigenvalue weighted by Crippen LogP contribution is -2.00. The van der Waals surface area contributed by atoms with Crippen molar-refractivity contribution in [1.29, 1.82) is 0 Å². The maximum absolute atomic E-state index is 6.53. The molecule has 0 N–H and O–H groups in total. The molecule has 2 heterocycles. The van der Waals surface area contributed by atoms with E-state index >= 15 is 0 Å². The standard InChI is InChI=1S/C49H31N3O/c1-4-13-32(14-5-1)37-19-12-20-39(29-37)49-51-47(35-17-8-3-9-18-35)50-48(52-49)36-25-23-34(24-26-36)42-31-44-43-30-38(33-15-6-2-7-16-33)27-28-45(43)53-46(44)41-22-11-10-21-40(41)42/h1-31H. The maximum atomic E-state index is 6.53. The number of benzene rings is 8. The molecule has 0 atom stereocenters. The van der Waals surface area contributed by atoms with Gasteiger partial charge in [-0.05, 0) is 63.0 Å². The maximum Gasteiger partial charge on any atom is 0.164 e. The third-order valence-corrected chi connectivity index (χ3v) is 9.93. The van der Waals surface area contributed by atoms with E-state index in [0.29, 0.717) is 17.5 Å². The second-order valence-electron chi connectivity index (χ2n) is 13.2. The van der Waals surface area contributed by atoms with Crippen molar-refractivity contribution in [3.8, 4) is 67.5 Å². The Hall–Kier alpha value is -7.17. The second-order valence-corrected chi connectivity index (χ2v) is 13.2. The van der Waals surface area contributed by atoms with E-state index in [9.17, 15) is 0 Å². The zero-order chi connectivity index (χ0) is 35.1. The van der Waals surface area contributed by atoms with E-state index in [1.54, 1.807) is 0 Å². The van der Waals surface area contributed by atoms with Crippen LogP contribution in [0.2, 0.25) is 0 Å². The minimum Gasteiger partial charge on any atom is -0.455 e. The topological polar surface area (TPSA) is 51.8 Å². The zero-order valence-corrected chi connectivity index (χ0v) is 28.6. The van der Waals surface area contributed by atoms with Crippen LogP contribution in [0.3, 0.4) is 0 Å². The molecular formula is C49H31N3O. The first-order chi connectivity index (χ1) is 26.2. The molecular weight excluding hydrogens is 647 g/mol. The van der Waals surface area contributed by atoms with E-state index in [1.165, 1.54) is 11.1 Å². The van der Waals surface area contributed by atoms with Gasteiger partial charge in [0.05, 0.1) is 0 Å². The van der Waals surface area contributed by atoms with Crippen LogP contribution in [0.4, 0.5) is 0 Å². The van der Waals surface area contributed by atoms with Crippen molar-refractivity contribution < 1.29 is 4.42 Å². The first kappa shape index (κ1) is 30.6. The van der Waals surface area contributed by atoms with Crippen LogP contribution in [0, 0.1) is 0 Å². The van der Waals surface area contributed by atoms with Gasteiger partial charge in [0.15, 0.2) is 17.5 Å². The highest BCUT2D eigenvalue weighted by molar-refractivity contribution is 6.19. The number of furan rings is 1. The lowest BCUT2D eigenvalue weighted by molar-refractivity contribution is 0.673. The Morgan fingerprint density at radius 2 is 0.755 bits per heavy atom. The Kier molecular flexibility index (Phi) is 7.43. The monoisotopic (exact) mass is 677 g/mol. The SMILES string of the molecule is c1ccc(-c2cccc(-c3nc(-c4ccccc4)nc(-c4ccc(-c5cc6c7cc(-c8ccccc8)ccc7oc6c6ccccc56)cc4)n3)c2)cc1. The summed E-state index contributed by atoms with van der Waals surface area (Å²) in [7, 11) is 0. The molecule has 0 saturated heterocycles.